The van der Waals surface area contributed by atoms with E-state index in [-0.39, 0.29) is 39.1 Å². The molecule has 0 bridgehead atoms. The molecule has 0 amide bonds. The highest BCUT2D eigenvalue weighted by Crippen LogP contribution is 2.40. The zero-order valence-corrected chi connectivity index (χ0v) is 20.2. The molecule has 3 heterocycles. The third-order valence-corrected chi connectivity index (χ3v) is 6.99. The molecule has 1 N–H and O–H groups in total. The van der Waals surface area contributed by atoms with Gasteiger partial charge in [-0.3, -0.25) is 4.68 Å². The van der Waals surface area contributed by atoms with E-state index in [4.69, 9.17) is 9.47 Å². The van der Waals surface area contributed by atoms with Gasteiger partial charge in [0.15, 0.2) is 49.6 Å². The Morgan fingerprint density at radius 1 is 1.03 bits per heavy atom. The molecule has 0 atom stereocenters. The second-order valence-electron chi connectivity index (χ2n) is 7.86. The van der Waals surface area contributed by atoms with Crippen LogP contribution in [0.25, 0.3) is 22.6 Å². The van der Waals surface area contributed by atoms with Gasteiger partial charge in [0.2, 0.25) is 5.82 Å². The lowest BCUT2D eigenvalue weighted by Gasteiger charge is -2.13. The summed E-state index contributed by atoms with van der Waals surface area (Å²) in [6.45, 7) is 1.48. The number of para-hydroxylation sites is 1. The zero-order valence-electron chi connectivity index (χ0n) is 19.4. The van der Waals surface area contributed by atoms with Gasteiger partial charge in [0.1, 0.15) is 17.0 Å². The number of benzene rings is 2. The Kier molecular flexibility index (Phi) is 6.07. The van der Waals surface area contributed by atoms with Gasteiger partial charge in [-0.25, -0.2) is 27.2 Å². The van der Waals surface area contributed by atoms with E-state index in [1.807, 2.05) is 0 Å². The van der Waals surface area contributed by atoms with Crippen LogP contribution in [0, 0.1) is 17.5 Å². The molecule has 0 aliphatic heterocycles. The van der Waals surface area contributed by atoms with Gasteiger partial charge in [-0.2, -0.15) is 9.49 Å². The number of imidazole rings is 1. The smallest absolute Gasteiger partial charge is 0.210 e. The second-order valence-corrected chi connectivity index (χ2v) is 10.1. The van der Waals surface area contributed by atoms with Crippen molar-refractivity contribution in [3.8, 4) is 34.5 Å². The van der Waals surface area contributed by atoms with Crippen molar-refractivity contribution in [2.24, 2.45) is 7.05 Å². The molecule has 0 fully saturated rings. The molecule has 0 radical (unpaired) electrons. The van der Waals surface area contributed by atoms with Crippen LogP contribution < -0.4 is 9.47 Å². The van der Waals surface area contributed by atoms with Gasteiger partial charge in [-0.05, 0) is 30.3 Å². The minimum absolute atomic E-state index is 0.0146. The number of nitrogens with one attached hydrogen (secondary N) is 1. The first-order chi connectivity index (χ1) is 17.7. The number of H-pyrrole nitrogens is 1. The molecule has 5 rings (SSSR count). The summed E-state index contributed by atoms with van der Waals surface area (Å²) in [6, 6.07) is 8.57. The molecule has 37 heavy (non-hydrogen) atoms. The maximum atomic E-state index is 15.7. The van der Waals surface area contributed by atoms with E-state index in [1.54, 1.807) is 24.0 Å². The minimum atomic E-state index is -3.55. The van der Waals surface area contributed by atoms with Crippen LogP contribution in [0.5, 0.6) is 23.0 Å². The van der Waals surface area contributed by atoms with Crippen molar-refractivity contribution >= 4 is 20.9 Å². The zero-order chi connectivity index (χ0) is 26.3. The van der Waals surface area contributed by atoms with Crippen molar-refractivity contribution < 1.29 is 31.1 Å². The van der Waals surface area contributed by atoms with Crippen LogP contribution in [-0.4, -0.2) is 38.9 Å². The van der Waals surface area contributed by atoms with E-state index >= 15 is 4.39 Å². The quantitative estimate of drug-likeness (QED) is 0.310. The monoisotopic (exact) mass is 529 g/mol. The maximum absolute atomic E-state index is 15.7. The fourth-order valence-electron chi connectivity index (χ4n) is 3.47. The fourth-order valence-corrected chi connectivity index (χ4v) is 4.26. The summed E-state index contributed by atoms with van der Waals surface area (Å²) in [6.07, 6.45) is 2.80. The lowest BCUT2D eigenvalue weighted by Crippen LogP contribution is -2.05. The molecule has 0 saturated carbocycles. The van der Waals surface area contributed by atoms with Crippen molar-refractivity contribution in [2.45, 2.75) is 11.9 Å². The van der Waals surface area contributed by atoms with Crippen molar-refractivity contribution in [1.82, 2.24) is 24.7 Å². The predicted molar refractivity (Wildman–Crippen MR) is 127 cm³/mol. The number of hydrogen-bond donors (Lipinski definition) is 1. The van der Waals surface area contributed by atoms with E-state index in [2.05, 4.69) is 20.1 Å². The third kappa shape index (κ3) is 4.60. The molecule has 0 aliphatic rings. The van der Waals surface area contributed by atoms with Crippen LogP contribution in [-0.2, 0) is 16.9 Å². The van der Waals surface area contributed by atoms with Crippen LogP contribution in [0.15, 0.2) is 59.9 Å². The summed E-state index contributed by atoms with van der Waals surface area (Å²) in [5.74, 6) is -4.86. The van der Waals surface area contributed by atoms with Crippen molar-refractivity contribution in [1.29, 1.82) is 0 Å². The average Bonchev–Trinajstić information content (AvgIpc) is 3.50. The van der Waals surface area contributed by atoms with Gasteiger partial charge in [0.05, 0.1) is 17.5 Å². The Bertz CT molecular complexity index is 1710. The van der Waals surface area contributed by atoms with Crippen LogP contribution in [0.1, 0.15) is 6.92 Å². The summed E-state index contributed by atoms with van der Waals surface area (Å²) >= 11 is 0. The number of aryl methyl sites for hydroxylation is 1. The van der Waals surface area contributed by atoms with Gasteiger partial charge < -0.3 is 14.5 Å². The number of halogens is 3. The first-order valence-electron chi connectivity index (χ1n) is 10.9. The number of fused-ring (bicyclic) bond motifs is 1. The average molecular weight is 530 g/mol. The Morgan fingerprint density at radius 2 is 1.78 bits per heavy atom. The number of aromatic amines is 1. The van der Waals surface area contributed by atoms with E-state index in [9.17, 15) is 17.2 Å². The number of pyridine rings is 1. The topological polar surface area (TPSA) is 112 Å². The van der Waals surface area contributed by atoms with E-state index in [0.29, 0.717) is 5.69 Å². The Morgan fingerprint density at radius 3 is 2.41 bits per heavy atom. The minimum Gasteiger partial charge on any atom is -0.452 e. The highest BCUT2D eigenvalue weighted by Gasteiger charge is 2.24. The lowest BCUT2D eigenvalue weighted by molar-refractivity contribution is 0.375. The Balaban J connectivity index is 1.62. The Labute approximate surface area is 208 Å². The fraction of sp³-hybridized carbons (Fsp3) is 0.125. The molecular weight excluding hydrogens is 511 g/mol. The number of hydrogen-bond acceptors (Lipinski definition) is 7. The Hall–Kier alpha value is -4.39. The summed E-state index contributed by atoms with van der Waals surface area (Å²) in [4.78, 5) is 11.2. The molecule has 5 aromatic rings. The number of sulfone groups is 1. The maximum Gasteiger partial charge on any atom is 0.210 e. The second kappa shape index (κ2) is 9.24. The molecule has 0 saturated heterocycles. The van der Waals surface area contributed by atoms with E-state index in [1.165, 1.54) is 25.1 Å². The normalized spacial score (nSPS) is 11.7. The lowest BCUT2D eigenvalue weighted by atomic mass is 10.2. The first kappa shape index (κ1) is 24.3. The number of nitrogens with zero attached hydrogens (tertiary/aromatic N) is 4. The number of aromatic nitrogens is 5. The van der Waals surface area contributed by atoms with Crippen molar-refractivity contribution in [3.63, 3.8) is 0 Å². The molecule has 3 aromatic heterocycles. The molecule has 2 aromatic carbocycles. The van der Waals surface area contributed by atoms with Gasteiger partial charge in [-0.1, -0.05) is 13.0 Å². The summed E-state index contributed by atoms with van der Waals surface area (Å²) in [5.41, 5.74) is 0.596. The SMILES string of the molecule is CCS(=O)(=O)c1ccc(Oc2cc3[nH]c(-c4ccn(C)n4)nc3c(Oc3c(F)cccc3F)c2F)cn1. The van der Waals surface area contributed by atoms with Gasteiger partial charge in [0.25, 0.3) is 0 Å². The van der Waals surface area contributed by atoms with Crippen LogP contribution in [0.2, 0.25) is 0 Å². The van der Waals surface area contributed by atoms with Gasteiger partial charge in [-0.15, -0.1) is 0 Å². The van der Waals surface area contributed by atoms with Crippen LogP contribution >= 0.6 is 0 Å². The van der Waals surface area contributed by atoms with E-state index in [0.717, 1.165) is 24.4 Å². The first-order valence-corrected chi connectivity index (χ1v) is 12.5. The largest absolute Gasteiger partial charge is 0.452 e. The highest BCUT2D eigenvalue weighted by atomic mass is 32.2. The molecule has 0 unspecified atom stereocenters. The van der Waals surface area contributed by atoms with Gasteiger partial charge in [0, 0.05) is 19.3 Å². The molecule has 9 nitrogen and oxygen atoms in total. The predicted octanol–water partition coefficient (Wildman–Crippen LogP) is 5.15. The van der Waals surface area contributed by atoms with Crippen LogP contribution in [0.3, 0.4) is 0 Å². The standard InChI is InChI=1S/C24H18F3N5O4S/c1-3-37(33,34)19-8-7-13(12-28-19)35-18-11-17-21(30-24(29-17)16-9-10-32(2)31-16)23(20(18)27)36-22-14(25)5-4-6-15(22)26/h4-12H,3H2,1-2H3,(H,29,30). The van der Waals surface area contributed by atoms with E-state index < -0.39 is 38.8 Å². The molecule has 190 valence electrons. The van der Waals surface area contributed by atoms with Gasteiger partial charge >= 0.3 is 0 Å². The number of rotatable bonds is 7. The highest BCUT2D eigenvalue weighted by molar-refractivity contribution is 7.91. The van der Waals surface area contributed by atoms with Crippen molar-refractivity contribution in [2.75, 3.05) is 5.75 Å². The third-order valence-electron chi connectivity index (χ3n) is 5.35. The van der Waals surface area contributed by atoms with Crippen LogP contribution in [0.4, 0.5) is 13.2 Å². The molecular formula is C24H18F3N5O4S. The molecule has 13 heteroatoms. The molecule has 0 spiro atoms. The number of ether oxygens (including phenoxy) is 2. The summed E-state index contributed by atoms with van der Waals surface area (Å²) < 4.78 is 80.9. The summed E-state index contributed by atoms with van der Waals surface area (Å²) in [5, 5.41) is 4.08. The van der Waals surface area contributed by atoms with Crippen molar-refractivity contribution in [3.05, 3.63) is 72.3 Å². The summed E-state index contributed by atoms with van der Waals surface area (Å²) in [7, 11) is -1.84. The molecule has 0 aliphatic carbocycles.